The molecule has 7 atom stereocenters. The van der Waals surface area contributed by atoms with Crippen LogP contribution in [0.25, 0.3) is 0 Å². The molecular formula is C22H30O3. The second kappa shape index (κ2) is 5.62. The first-order chi connectivity index (χ1) is 11.8. The summed E-state index contributed by atoms with van der Waals surface area (Å²) in [4.78, 5) is 37.0. The van der Waals surface area contributed by atoms with Gasteiger partial charge < -0.3 is 0 Å². The molecule has 3 nitrogen and oxygen atoms in total. The number of ketones is 3. The van der Waals surface area contributed by atoms with Gasteiger partial charge in [0.05, 0.1) is 0 Å². The van der Waals surface area contributed by atoms with E-state index in [9.17, 15) is 14.4 Å². The maximum absolute atomic E-state index is 12.6. The van der Waals surface area contributed by atoms with Crippen molar-refractivity contribution >= 4 is 17.3 Å². The third kappa shape index (κ3) is 2.27. The number of carbonyl (C=O) groups is 3. The van der Waals surface area contributed by atoms with Crippen LogP contribution in [0, 0.1) is 40.4 Å². The van der Waals surface area contributed by atoms with Gasteiger partial charge in [0.1, 0.15) is 5.78 Å². The van der Waals surface area contributed by atoms with Crippen molar-refractivity contribution in [1.82, 2.24) is 0 Å². The van der Waals surface area contributed by atoms with Crippen LogP contribution < -0.4 is 0 Å². The van der Waals surface area contributed by atoms with Gasteiger partial charge in [-0.15, -0.1) is 6.58 Å². The van der Waals surface area contributed by atoms with Gasteiger partial charge in [-0.1, -0.05) is 19.9 Å². The quantitative estimate of drug-likeness (QED) is 0.559. The van der Waals surface area contributed by atoms with Gasteiger partial charge in [-0.05, 0) is 67.1 Å². The van der Waals surface area contributed by atoms with Gasteiger partial charge in [0.15, 0.2) is 5.78 Å². The van der Waals surface area contributed by atoms with Crippen molar-refractivity contribution in [1.29, 1.82) is 0 Å². The number of hydrogen-bond donors (Lipinski definition) is 0. The summed E-state index contributed by atoms with van der Waals surface area (Å²) in [6, 6.07) is 0. The van der Waals surface area contributed by atoms with E-state index in [2.05, 4.69) is 13.5 Å². The maximum Gasteiger partial charge on any atom is 0.204 e. The molecule has 25 heavy (non-hydrogen) atoms. The van der Waals surface area contributed by atoms with Crippen LogP contribution in [0.5, 0.6) is 0 Å². The monoisotopic (exact) mass is 342 g/mol. The van der Waals surface area contributed by atoms with Gasteiger partial charge in [-0.3, -0.25) is 14.4 Å². The van der Waals surface area contributed by atoms with E-state index < -0.39 is 5.41 Å². The van der Waals surface area contributed by atoms with Crippen LogP contribution in [0.3, 0.4) is 0 Å². The molecule has 4 saturated carbocycles. The van der Waals surface area contributed by atoms with Crippen LogP contribution in [-0.4, -0.2) is 17.3 Å². The number of Topliss-reactive ketones (excluding diaryl/α,β-unsaturated/α-hetero) is 3. The number of hydrogen-bond acceptors (Lipinski definition) is 3. The molecule has 0 saturated heterocycles. The van der Waals surface area contributed by atoms with Crippen LogP contribution in [0.1, 0.15) is 65.2 Å². The van der Waals surface area contributed by atoms with E-state index in [0.29, 0.717) is 42.3 Å². The molecular weight excluding hydrogens is 312 g/mol. The van der Waals surface area contributed by atoms with E-state index >= 15 is 0 Å². The van der Waals surface area contributed by atoms with Crippen molar-refractivity contribution in [3.63, 3.8) is 0 Å². The van der Waals surface area contributed by atoms with Crippen LogP contribution in [0.15, 0.2) is 12.7 Å². The van der Waals surface area contributed by atoms with Gasteiger partial charge in [-0.25, -0.2) is 0 Å². The maximum atomic E-state index is 12.6. The second-order valence-electron chi connectivity index (χ2n) is 9.67. The molecule has 0 radical (unpaired) electrons. The Hall–Kier alpha value is -1.25. The highest BCUT2D eigenvalue weighted by molar-refractivity contribution is 6.41. The highest BCUT2D eigenvalue weighted by Crippen LogP contribution is 2.66. The Bertz CT molecular complexity index is 650. The zero-order valence-corrected chi connectivity index (χ0v) is 15.6. The van der Waals surface area contributed by atoms with Crippen molar-refractivity contribution in [2.24, 2.45) is 40.4 Å². The van der Waals surface area contributed by atoms with E-state index in [1.165, 1.54) is 0 Å². The van der Waals surface area contributed by atoms with Gasteiger partial charge in [0.25, 0.3) is 0 Å². The Morgan fingerprint density at radius 1 is 1.12 bits per heavy atom. The van der Waals surface area contributed by atoms with Crippen LogP contribution >= 0.6 is 0 Å². The Morgan fingerprint density at radius 3 is 2.60 bits per heavy atom. The normalized spacial score (nSPS) is 49.4. The summed E-state index contributed by atoms with van der Waals surface area (Å²) in [6.07, 6.45) is 8.76. The van der Waals surface area contributed by atoms with Crippen molar-refractivity contribution in [3.05, 3.63) is 12.7 Å². The molecule has 0 heterocycles. The molecule has 0 bridgehead atoms. The lowest BCUT2D eigenvalue weighted by molar-refractivity contribution is -0.154. The number of allylic oxidation sites excluding steroid dienone is 1. The van der Waals surface area contributed by atoms with Crippen LogP contribution in [0.2, 0.25) is 0 Å². The topological polar surface area (TPSA) is 51.2 Å². The average molecular weight is 342 g/mol. The summed E-state index contributed by atoms with van der Waals surface area (Å²) in [6.45, 7) is 8.40. The third-order valence-electron chi connectivity index (χ3n) is 8.70. The standard InChI is InChI=1S/C22H30O3/c1-4-5-13-10-14-11-15(23)6-8-21(14,2)16-7-9-22(3)17(19(13)16)12-18(24)20(22)25/h4,13-14,16-17,19H,1,5-12H2,2-3H3/t13?,14?,16-,17+,19-,21+,22+/m1/s1. The molecule has 0 aliphatic heterocycles. The molecule has 136 valence electrons. The fourth-order valence-electron chi connectivity index (χ4n) is 7.27. The molecule has 0 aromatic heterocycles. The number of fused-ring (bicyclic) bond motifs is 5. The molecule has 0 amide bonds. The average Bonchev–Trinajstić information content (AvgIpc) is 2.80. The fraction of sp³-hybridized carbons (Fsp3) is 0.773. The minimum Gasteiger partial charge on any atom is -0.300 e. The lowest BCUT2D eigenvalue weighted by Crippen LogP contribution is -2.56. The molecule has 0 aromatic rings. The highest BCUT2D eigenvalue weighted by atomic mass is 16.2. The predicted molar refractivity (Wildman–Crippen MR) is 95.8 cm³/mol. The van der Waals surface area contributed by atoms with Crippen LogP contribution in [-0.2, 0) is 14.4 Å². The number of rotatable bonds is 2. The van der Waals surface area contributed by atoms with E-state index in [1.807, 2.05) is 13.0 Å². The summed E-state index contributed by atoms with van der Waals surface area (Å²) in [5, 5.41) is 0. The van der Waals surface area contributed by atoms with Gasteiger partial charge >= 0.3 is 0 Å². The summed E-state index contributed by atoms with van der Waals surface area (Å²) in [7, 11) is 0. The smallest absolute Gasteiger partial charge is 0.204 e. The van der Waals surface area contributed by atoms with Crippen LogP contribution in [0.4, 0.5) is 0 Å². The predicted octanol–water partition coefficient (Wildman–Crippen LogP) is 4.15. The zero-order chi connectivity index (χ0) is 18.0. The second-order valence-corrected chi connectivity index (χ2v) is 9.67. The first-order valence-electron chi connectivity index (χ1n) is 10.0. The molecule has 4 rings (SSSR count). The summed E-state index contributed by atoms with van der Waals surface area (Å²) in [5.41, 5.74) is -0.238. The molecule has 0 aromatic carbocycles. The molecule has 4 aliphatic carbocycles. The Labute approximate surface area is 150 Å². The minimum absolute atomic E-state index is 0.112. The largest absolute Gasteiger partial charge is 0.300 e. The van der Waals surface area contributed by atoms with E-state index in [4.69, 9.17) is 0 Å². The summed E-state index contributed by atoms with van der Waals surface area (Å²) >= 11 is 0. The SMILES string of the molecule is C=CCC1CC2CC(=O)CC[C@]2(C)[C@@H]2CC[C@]3(C)C(=O)C(=O)C[C@H]3[C@H]12. The summed E-state index contributed by atoms with van der Waals surface area (Å²) in [5.74, 6) is 2.28. The first kappa shape index (κ1) is 17.2. The Morgan fingerprint density at radius 2 is 1.88 bits per heavy atom. The van der Waals surface area contributed by atoms with Crippen molar-refractivity contribution in [3.8, 4) is 0 Å². The first-order valence-corrected chi connectivity index (χ1v) is 10.0. The molecule has 0 spiro atoms. The van der Waals surface area contributed by atoms with E-state index in [0.717, 1.165) is 38.5 Å². The fourth-order valence-corrected chi connectivity index (χ4v) is 7.27. The molecule has 3 heteroatoms. The van der Waals surface area contributed by atoms with E-state index in [-0.39, 0.29) is 22.9 Å². The molecule has 0 N–H and O–H groups in total. The lowest BCUT2D eigenvalue weighted by atomic mass is 9.42. The lowest BCUT2D eigenvalue weighted by Gasteiger charge is -2.61. The zero-order valence-electron chi connectivity index (χ0n) is 15.6. The highest BCUT2D eigenvalue weighted by Gasteiger charge is 2.64. The number of carbonyl (C=O) groups excluding carboxylic acids is 3. The van der Waals surface area contributed by atoms with Crippen molar-refractivity contribution < 1.29 is 14.4 Å². The summed E-state index contributed by atoms with van der Waals surface area (Å²) < 4.78 is 0. The Balaban J connectivity index is 1.75. The molecule has 4 aliphatic rings. The van der Waals surface area contributed by atoms with Crippen molar-refractivity contribution in [2.75, 3.05) is 0 Å². The Kier molecular flexibility index (Phi) is 3.86. The van der Waals surface area contributed by atoms with Gasteiger partial charge in [-0.2, -0.15) is 0 Å². The van der Waals surface area contributed by atoms with E-state index in [1.54, 1.807) is 0 Å². The molecule has 4 fully saturated rings. The van der Waals surface area contributed by atoms with Gasteiger partial charge in [0.2, 0.25) is 5.78 Å². The van der Waals surface area contributed by atoms with Gasteiger partial charge in [0, 0.05) is 24.7 Å². The van der Waals surface area contributed by atoms with Crippen molar-refractivity contribution in [2.45, 2.75) is 65.2 Å². The molecule has 2 unspecified atom stereocenters. The minimum atomic E-state index is -0.439. The third-order valence-corrected chi connectivity index (χ3v) is 8.70.